The van der Waals surface area contributed by atoms with Crippen LogP contribution in [0, 0.1) is 0 Å². The van der Waals surface area contributed by atoms with Gasteiger partial charge in [0.05, 0.1) is 31.4 Å². The summed E-state index contributed by atoms with van der Waals surface area (Å²) in [6, 6.07) is 13.4. The summed E-state index contributed by atoms with van der Waals surface area (Å²) in [7, 11) is 0. The van der Waals surface area contributed by atoms with Gasteiger partial charge in [0.1, 0.15) is 11.5 Å². The van der Waals surface area contributed by atoms with Crippen molar-refractivity contribution in [3.8, 4) is 5.75 Å². The minimum Gasteiger partial charge on any atom is -0.507 e. The van der Waals surface area contributed by atoms with E-state index in [-0.39, 0.29) is 11.3 Å². The third-order valence-electron chi connectivity index (χ3n) is 6.56. The first-order valence-corrected chi connectivity index (χ1v) is 12.9. The second-order valence-electron chi connectivity index (χ2n) is 9.08. The third-order valence-corrected chi connectivity index (χ3v) is 6.79. The van der Waals surface area contributed by atoms with E-state index >= 15 is 0 Å². The predicted molar refractivity (Wildman–Crippen MR) is 139 cm³/mol. The number of ether oxygens (including phenoxy) is 2. The van der Waals surface area contributed by atoms with Gasteiger partial charge >= 0.3 is 0 Å². The van der Waals surface area contributed by atoms with E-state index < -0.39 is 17.7 Å². The van der Waals surface area contributed by atoms with Gasteiger partial charge in [-0.15, -0.1) is 0 Å². The third kappa shape index (κ3) is 6.09. The molecule has 2 heterocycles. The number of aliphatic hydroxyl groups is 1. The Morgan fingerprint density at radius 3 is 2.61 bits per heavy atom. The molecule has 1 atom stereocenters. The Morgan fingerprint density at radius 1 is 1.08 bits per heavy atom. The summed E-state index contributed by atoms with van der Waals surface area (Å²) in [6.45, 7) is 6.95. The normalized spacial score (nSPS) is 20.2. The quantitative estimate of drug-likeness (QED) is 0.216. The fourth-order valence-electron chi connectivity index (χ4n) is 4.65. The maximum atomic E-state index is 13.3. The second kappa shape index (κ2) is 12.4. The molecule has 2 fully saturated rings. The first kappa shape index (κ1) is 26.2. The van der Waals surface area contributed by atoms with Crippen LogP contribution in [-0.2, 0) is 14.3 Å². The minimum absolute atomic E-state index is 0.0688. The Kier molecular flexibility index (Phi) is 9.02. The molecule has 7 nitrogen and oxygen atoms in total. The summed E-state index contributed by atoms with van der Waals surface area (Å²) in [5.74, 6) is -0.915. The number of hydrogen-bond donors (Lipinski definition) is 1. The van der Waals surface area contributed by atoms with Crippen LogP contribution in [0.15, 0.2) is 54.1 Å². The lowest BCUT2D eigenvalue weighted by Gasteiger charge is -2.29. The van der Waals surface area contributed by atoms with Crippen molar-refractivity contribution in [2.24, 2.45) is 0 Å². The largest absolute Gasteiger partial charge is 0.507 e. The van der Waals surface area contributed by atoms with Gasteiger partial charge in [-0.2, -0.15) is 0 Å². The Hall–Kier alpha value is -2.87. The lowest BCUT2D eigenvalue weighted by molar-refractivity contribution is -0.140. The number of nitrogens with zero attached hydrogens (tertiary/aromatic N) is 2. The molecule has 0 aliphatic carbocycles. The van der Waals surface area contributed by atoms with Gasteiger partial charge in [0, 0.05) is 36.8 Å². The molecular formula is C28H33ClN2O5. The smallest absolute Gasteiger partial charge is 0.295 e. The molecule has 0 radical (unpaired) electrons. The molecule has 0 saturated carbocycles. The average Bonchev–Trinajstić information content (AvgIpc) is 3.14. The highest BCUT2D eigenvalue weighted by Gasteiger charge is 2.45. The Morgan fingerprint density at radius 2 is 1.86 bits per heavy atom. The number of amides is 1. The van der Waals surface area contributed by atoms with E-state index in [0.29, 0.717) is 54.7 Å². The van der Waals surface area contributed by atoms with Crippen LogP contribution in [0.4, 0.5) is 0 Å². The zero-order valence-electron chi connectivity index (χ0n) is 20.6. The molecule has 0 bridgehead atoms. The maximum absolute atomic E-state index is 13.3. The van der Waals surface area contributed by atoms with Gasteiger partial charge in [-0.05, 0) is 42.7 Å². The van der Waals surface area contributed by atoms with Crippen LogP contribution in [0.2, 0.25) is 5.02 Å². The van der Waals surface area contributed by atoms with Crippen LogP contribution in [-0.4, -0.2) is 72.6 Å². The summed E-state index contributed by atoms with van der Waals surface area (Å²) < 4.78 is 11.2. The van der Waals surface area contributed by atoms with E-state index in [9.17, 15) is 14.7 Å². The van der Waals surface area contributed by atoms with E-state index in [2.05, 4.69) is 11.8 Å². The number of hydrogen-bond acceptors (Lipinski definition) is 6. The van der Waals surface area contributed by atoms with Crippen LogP contribution < -0.4 is 4.74 Å². The Balaban J connectivity index is 1.64. The fraction of sp³-hybridized carbons (Fsp3) is 0.429. The van der Waals surface area contributed by atoms with Gasteiger partial charge in [0.2, 0.25) is 0 Å². The molecule has 2 aliphatic rings. The molecule has 2 saturated heterocycles. The number of rotatable bonds is 10. The monoisotopic (exact) mass is 512 g/mol. The van der Waals surface area contributed by atoms with Crippen molar-refractivity contribution >= 4 is 29.1 Å². The number of halogens is 1. The number of Topliss-reactive ketones (excluding diaryl/α,β-unsaturated/α-hetero) is 1. The summed E-state index contributed by atoms with van der Waals surface area (Å²) in [5, 5.41) is 11.8. The average molecular weight is 513 g/mol. The van der Waals surface area contributed by atoms with Gasteiger partial charge in [-0.1, -0.05) is 49.2 Å². The van der Waals surface area contributed by atoms with Crippen LogP contribution in [0.5, 0.6) is 5.75 Å². The highest BCUT2D eigenvalue weighted by Crippen LogP contribution is 2.40. The van der Waals surface area contributed by atoms with E-state index in [1.54, 1.807) is 41.3 Å². The fourth-order valence-corrected chi connectivity index (χ4v) is 4.85. The van der Waals surface area contributed by atoms with Gasteiger partial charge < -0.3 is 19.5 Å². The van der Waals surface area contributed by atoms with E-state index in [1.807, 2.05) is 12.1 Å². The molecule has 4 rings (SSSR count). The molecule has 0 spiro atoms. The van der Waals surface area contributed by atoms with E-state index in [4.69, 9.17) is 21.1 Å². The van der Waals surface area contributed by atoms with Gasteiger partial charge in [-0.25, -0.2) is 0 Å². The van der Waals surface area contributed by atoms with E-state index in [0.717, 1.165) is 32.5 Å². The van der Waals surface area contributed by atoms with Crippen LogP contribution in [0.1, 0.15) is 43.4 Å². The molecule has 192 valence electrons. The maximum Gasteiger partial charge on any atom is 0.295 e. The lowest BCUT2D eigenvalue weighted by atomic mass is 9.95. The number of likely N-dealkylation sites (tertiary alicyclic amines) is 1. The Labute approximate surface area is 217 Å². The van der Waals surface area contributed by atoms with Crippen molar-refractivity contribution in [1.82, 2.24) is 9.80 Å². The number of unbranched alkanes of at least 4 members (excludes halogenated alkanes) is 1. The molecule has 0 aromatic heterocycles. The van der Waals surface area contributed by atoms with Gasteiger partial charge in [-0.3, -0.25) is 14.5 Å². The number of morpholine rings is 1. The van der Waals surface area contributed by atoms with Crippen molar-refractivity contribution in [2.45, 2.75) is 32.2 Å². The molecule has 1 N–H and O–H groups in total. The van der Waals surface area contributed by atoms with Crippen molar-refractivity contribution in [3.05, 3.63) is 70.3 Å². The summed E-state index contributed by atoms with van der Waals surface area (Å²) in [4.78, 5) is 30.3. The zero-order chi connectivity index (χ0) is 25.5. The number of ketones is 1. The highest BCUT2D eigenvalue weighted by atomic mass is 35.5. The minimum atomic E-state index is -0.724. The molecule has 1 unspecified atom stereocenters. The van der Waals surface area contributed by atoms with Gasteiger partial charge in [0.25, 0.3) is 11.7 Å². The number of carbonyl (C=O) groups excluding carboxylic acids is 2. The molecule has 8 heteroatoms. The first-order valence-electron chi connectivity index (χ1n) is 12.6. The van der Waals surface area contributed by atoms with Crippen molar-refractivity contribution in [1.29, 1.82) is 0 Å². The van der Waals surface area contributed by atoms with Gasteiger partial charge in [0.15, 0.2) is 0 Å². The van der Waals surface area contributed by atoms with Crippen molar-refractivity contribution in [3.63, 3.8) is 0 Å². The van der Waals surface area contributed by atoms with Crippen molar-refractivity contribution in [2.75, 3.05) is 46.0 Å². The molecular weight excluding hydrogens is 480 g/mol. The standard InChI is InChI=1S/C28H33ClN2O5/c1-2-3-15-36-23-10-5-8-21(19-23)26(32)24-25(20-7-4-9-22(29)18-20)31(28(34)27(24)33)12-6-11-30-13-16-35-17-14-30/h4-5,7-10,18-19,25,32H,2-3,6,11-17H2,1H3. The number of carbonyl (C=O) groups is 2. The number of aliphatic hydroxyl groups excluding tert-OH is 1. The molecule has 2 aliphatic heterocycles. The predicted octanol–water partition coefficient (Wildman–Crippen LogP) is 4.66. The summed E-state index contributed by atoms with van der Waals surface area (Å²) in [5.41, 5.74) is 1.19. The van der Waals surface area contributed by atoms with Crippen LogP contribution in [0.3, 0.4) is 0 Å². The summed E-state index contributed by atoms with van der Waals surface area (Å²) in [6.07, 6.45) is 2.62. The first-order chi connectivity index (χ1) is 17.5. The molecule has 2 aromatic rings. The lowest BCUT2D eigenvalue weighted by Crippen LogP contribution is -2.38. The Bertz CT molecular complexity index is 1110. The highest BCUT2D eigenvalue weighted by molar-refractivity contribution is 6.46. The van der Waals surface area contributed by atoms with Crippen LogP contribution in [0.25, 0.3) is 5.76 Å². The SMILES string of the molecule is CCCCOc1cccc(C(O)=C2C(=O)C(=O)N(CCCN3CCOCC3)C2c2cccc(Cl)c2)c1. The van der Waals surface area contributed by atoms with E-state index in [1.165, 1.54) is 0 Å². The summed E-state index contributed by atoms with van der Waals surface area (Å²) >= 11 is 6.27. The molecule has 1 amide bonds. The molecule has 36 heavy (non-hydrogen) atoms. The topological polar surface area (TPSA) is 79.3 Å². The van der Waals surface area contributed by atoms with Crippen molar-refractivity contribution < 1.29 is 24.2 Å². The number of benzene rings is 2. The zero-order valence-corrected chi connectivity index (χ0v) is 21.4. The van der Waals surface area contributed by atoms with Crippen LogP contribution >= 0.6 is 11.6 Å². The second-order valence-corrected chi connectivity index (χ2v) is 9.52. The molecule has 2 aromatic carbocycles.